The first-order valence-corrected chi connectivity index (χ1v) is 7.51. The van der Waals surface area contributed by atoms with Gasteiger partial charge in [0, 0.05) is 40.5 Å². The van der Waals surface area contributed by atoms with Gasteiger partial charge in [-0.05, 0) is 19.4 Å². The minimum atomic E-state index is -0.815. The molecule has 0 aliphatic carbocycles. The fourth-order valence-corrected chi connectivity index (χ4v) is 2.01. The zero-order valence-corrected chi connectivity index (χ0v) is 11.5. The van der Waals surface area contributed by atoms with Crippen LogP contribution in [0.1, 0.15) is 31.9 Å². The van der Waals surface area contributed by atoms with E-state index in [1.807, 2.05) is 25.1 Å². The van der Waals surface area contributed by atoms with E-state index in [1.165, 1.54) is 0 Å². The van der Waals surface area contributed by atoms with Gasteiger partial charge in [0.2, 0.25) is 0 Å². The molecule has 4 heteroatoms. The predicted molar refractivity (Wildman–Crippen MR) is 72.7 cm³/mol. The van der Waals surface area contributed by atoms with Gasteiger partial charge in [-0.2, -0.15) is 0 Å². The number of hydrogen-bond donors (Lipinski definition) is 2. The first-order valence-electron chi connectivity index (χ1n) is 5.89. The van der Waals surface area contributed by atoms with Crippen molar-refractivity contribution in [3.05, 3.63) is 29.8 Å². The molecule has 0 spiro atoms. The summed E-state index contributed by atoms with van der Waals surface area (Å²) in [5, 5.41) is 13.3. The smallest absolute Gasteiger partial charge is 0.120 e. The lowest BCUT2D eigenvalue weighted by molar-refractivity contribution is 0.442. The second kappa shape index (κ2) is 6.77. The molecule has 0 amide bonds. The summed E-state index contributed by atoms with van der Waals surface area (Å²) in [5.41, 5.74) is 0.907. The molecule has 0 fully saturated rings. The van der Waals surface area contributed by atoms with Crippen LogP contribution in [0.2, 0.25) is 0 Å². The molecule has 96 valence electrons. The van der Waals surface area contributed by atoms with Crippen molar-refractivity contribution >= 4 is 10.8 Å². The molecule has 0 aromatic heterocycles. The van der Waals surface area contributed by atoms with Crippen molar-refractivity contribution in [1.29, 1.82) is 0 Å². The summed E-state index contributed by atoms with van der Waals surface area (Å²) in [5.74, 6) is 0.317. The normalized spacial score (nSPS) is 16.4. The Balaban J connectivity index is 2.67. The maximum atomic E-state index is 11.3. The third-order valence-electron chi connectivity index (χ3n) is 2.94. The lowest BCUT2D eigenvalue weighted by Gasteiger charge is -2.20. The summed E-state index contributed by atoms with van der Waals surface area (Å²) >= 11 is 0. The van der Waals surface area contributed by atoms with Crippen LogP contribution in [-0.4, -0.2) is 27.4 Å². The molecule has 3 nitrogen and oxygen atoms in total. The van der Waals surface area contributed by atoms with Gasteiger partial charge in [-0.15, -0.1) is 0 Å². The van der Waals surface area contributed by atoms with Crippen LogP contribution in [0.25, 0.3) is 0 Å². The highest BCUT2D eigenvalue weighted by atomic mass is 32.2. The summed E-state index contributed by atoms with van der Waals surface area (Å²) in [6, 6.07) is 7.46. The zero-order valence-electron chi connectivity index (χ0n) is 10.6. The van der Waals surface area contributed by atoms with Crippen molar-refractivity contribution in [3.63, 3.8) is 0 Å². The van der Waals surface area contributed by atoms with Crippen LogP contribution in [0.4, 0.5) is 0 Å². The maximum Gasteiger partial charge on any atom is 0.120 e. The van der Waals surface area contributed by atoms with Gasteiger partial charge in [0.15, 0.2) is 0 Å². The second-order valence-electron chi connectivity index (χ2n) is 4.24. The van der Waals surface area contributed by atoms with E-state index in [1.54, 1.807) is 12.3 Å². The topological polar surface area (TPSA) is 49.3 Å². The molecule has 0 unspecified atom stereocenters. The van der Waals surface area contributed by atoms with Gasteiger partial charge >= 0.3 is 0 Å². The fourth-order valence-electron chi connectivity index (χ4n) is 1.68. The fraction of sp³-hybridized carbons (Fsp3) is 0.538. The molecule has 0 saturated carbocycles. The van der Waals surface area contributed by atoms with E-state index in [-0.39, 0.29) is 11.3 Å². The number of aromatic hydroxyl groups is 1. The van der Waals surface area contributed by atoms with Gasteiger partial charge in [-0.3, -0.25) is 4.21 Å². The molecule has 0 heterocycles. The van der Waals surface area contributed by atoms with Crippen molar-refractivity contribution in [2.75, 3.05) is 12.8 Å². The van der Waals surface area contributed by atoms with E-state index in [4.69, 9.17) is 0 Å². The average molecular weight is 255 g/mol. The van der Waals surface area contributed by atoms with Gasteiger partial charge in [-0.25, -0.2) is 0 Å². The molecule has 1 rings (SSSR count). The van der Waals surface area contributed by atoms with Crippen LogP contribution < -0.4 is 5.32 Å². The first kappa shape index (κ1) is 14.2. The van der Waals surface area contributed by atoms with Crippen LogP contribution >= 0.6 is 0 Å². The van der Waals surface area contributed by atoms with Gasteiger partial charge in [0.05, 0.1) is 0 Å². The Morgan fingerprint density at radius 3 is 2.59 bits per heavy atom. The molecule has 2 N–H and O–H groups in total. The second-order valence-corrected chi connectivity index (χ2v) is 6.04. The van der Waals surface area contributed by atoms with Crippen LogP contribution in [0, 0.1) is 0 Å². The number of phenolic OH excluding ortho intramolecular Hbond substituents is 1. The van der Waals surface area contributed by atoms with Crippen molar-refractivity contribution in [1.82, 2.24) is 5.32 Å². The number of nitrogens with one attached hydrogen (secondary N) is 1. The highest BCUT2D eigenvalue weighted by Gasteiger charge is 2.14. The van der Waals surface area contributed by atoms with Crippen molar-refractivity contribution in [2.24, 2.45) is 0 Å². The largest absolute Gasteiger partial charge is 0.508 e. The number of hydrogen-bond acceptors (Lipinski definition) is 3. The number of benzene rings is 1. The third kappa shape index (κ3) is 4.13. The first-order chi connectivity index (χ1) is 8.06. The van der Waals surface area contributed by atoms with E-state index in [2.05, 4.69) is 12.2 Å². The Kier molecular flexibility index (Phi) is 5.65. The predicted octanol–water partition coefficient (Wildman–Crippen LogP) is 2.20. The molecule has 1 aromatic carbocycles. The Hall–Kier alpha value is -0.870. The average Bonchev–Trinajstić information content (AvgIpc) is 2.31. The summed E-state index contributed by atoms with van der Waals surface area (Å²) in [4.78, 5) is 0. The Morgan fingerprint density at radius 1 is 1.41 bits per heavy atom. The number of phenols is 1. The van der Waals surface area contributed by atoms with E-state index >= 15 is 0 Å². The molecule has 3 atom stereocenters. The monoisotopic (exact) mass is 255 g/mol. The van der Waals surface area contributed by atoms with Gasteiger partial charge < -0.3 is 10.4 Å². The molecule has 0 bridgehead atoms. The third-order valence-corrected chi connectivity index (χ3v) is 4.24. The van der Waals surface area contributed by atoms with Gasteiger partial charge in [0.1, 0.15) is 5.75 Å². The van der Waals surface area contributed by atoms with E-state index in [0.717, 1.165) is 12.0 Å². The minimum Gasteiger partial charge on any atom is -0.508 e. The highest BCUT2D eigenvalue weighted by Crippen LogP contribution is 2.25. The Bertz CT molecular complexity index is 381. The van der Waals surface area contributed by atoms with Crippen molar-refractivity contribution in [2.45, 2.75) is 31.6 Å². The summed E-state index contributed by atoms with van der Waals surface area (Å²) < 4.78 is 11.3. The van der Waals surface area contributed by atoms with E-state index < -0.39 is 10.8 Å². The molecule has 0 aliphatic rings. The zero-order chi connectivity index (χ0) is 12.8. The number of para-hydroxylation sites is 1. The van der Waals surface area contributed by atoms with Crippen molar-refractivity contribution in [3.8, 4) is 5.75 Å². The quantitative estimate of drug-likeness (QED) is 0.819. The van der Waals surface area contributed by atoms with Crippen LogP contribution in [0.15, 0.2) is 24.3 Å². The number of rotatable bonds is 6. The lowest BCUT2D eigenvalue weighted by atomic mass is 10.0. The van der Waals surface area contributed by atoms with Crippen LogP contribution in [0.5, 0.6) is 5.75 Å². The SMILES string of the molecule is CC[C@H](NC[C@H](C)[S@](C)=O)c1ccccc1O. The summed E-state index contributed by atoms with van der Waals surface area (Å²) in [7, 11) is -0.815. The molecule has 0 saturated heterocycles. The molecular formula is C13H21NO2S. The Labute approximate surface area is 106 Å². The molecule has 0 aliphatic heterocycles. The van der Waals surface area contributed by atoms with Gasteiger partial charge in [0.25, 0.3) is 0 Å². The highest BCUT2D eigenvalue weighted by molar-refractivity contribution is 7.84. The van der Waals surface area contributed by atoms with Crippen molar-refractivity contribution < 1.29 is 9.32 Å². The van der Waals surface area contributed by atoms with Crippen LogP contribution in [0.3, 0.4) is 0 Å². The minimum absolute atomic E-state index is 0.113. The Morgan fingerprint density at radius 2 is 2.06 bits per heavy atom. The molecular weight excluding hydrogens is 234 g/mol. The summed E-state index contributed by atoms with van der Waals surface area (Å²) in [6.07, 6.45) is 2.61. The van der Waals surface area contributed by atoms with Gasteiger partial charge in [-0.1, -0.05) is 25.1 Å². The maximum absolute atomic E-state index is 11.3. The molecule has 0 radical (unpaired) electrons. The summed E-state index contributed by atoms with van der Waals surface area (Å²) in [6.45, 7) is 4.72. The lowest BCUT2D eigenvalue weighted by Crippen LogP contribution is -2.30. The van der Waals surface area contributed by atoms with Crippen LogP contribution in [-0.2, 0) is 10.8 Å². The van der Waals surface area contributed by atoms with E-state index in [0.29, 0.717) is 12.3 Å². The molecule has 1 aromatic rings. The standard InChI is InChI=1S/C13H21NO2S/c1-4-12(14-9-10(2)17(3)16)11-7-5-6-8-13(11)15/h5-8,10,12,14-15H,4,9H2,1-3H3/t10-,12-,17-/m0/s1. The molecule has 17 heavy (non-hydrogen) atoms. The van der Waals surface area contributed by atoms with E-state index in [9.17, 15) is 9.32 Å².